The van der Waals surface area contributed by atoms with E-state index in [1.54, 1.807) is 0 Å². The summed E-state index contributed by atoms with van der Waals surface area (Å²) in [5.74, 6) is 0. The quantitative estimate of drug-likeness (QED) is 0.814. The van der Waals surface area contributed by atoms with Gasteiger partial charge in [-0.15, -0.1) is 0 Å². The molecule has 0 N–H and O–H groups in total. The molecule has 0 saturated heterocycles. The molecule has 1 aliphatic rings. The molecule has 0 amide bonds. The van der Waals surface area contributed by atoms with Gasteiger partial charge in [0.1, 0.15) is 0 Å². The summed E-state index contributed by atoms with van der Waals surface area (Å²) in [7, 11) is 0. The van der Waals surface area contributed by atoms with Gasteiger partial charge in [0.2, 0.25) is 0 Å². The summed E-state index contributed by atoms with van der Waals surface area (Å²) in [6.45, 7) is 6.10. The maximum Gasteiger partial charge on any atom is 0.0663 e. The van der Waals surface area contributed by atoms with E-state index in [0.29, 0.717) is 0 Å². The number of aromatic nitrogens is 2. The lowest BCUT2D eigenvalue weighted by atomic mass is 10.0. The summed E-state index contributed by atoms with van der Waals surface area (Å²) in [5, 5.41) is 0. The minimum absolute atomic E-state index is 0.886. The first-order valence-corrected chi connectivity index (χ1v) is 6.73. The number of hydrogen-bond donors (Lipinski definition) is 0. The molecule has 96 valence electrons. The molecule has 1 aromatic heterocycles. The van der Waals surface area contributed by atoms with Gasteiger partial charge in [-0.25, -0.2) is 0 Å². The molecule has 19 heavy (non-hydrogen) atoms. The van der Waals surface area contributed by atoms with Crippen molar-refractivity contribution in [1.29, 1.82) is 0 Å². The Morgan fingerprint density at radius 2 is 1.68 bits per heavy atom. The summed E-state index contributed by atoms with van der Waals surface area (Å²) in [5.41, 5.74) is 8.40. The molecule has 1 aliphatic carbocycles. The highest BCUT2D eigenvalue weighted by molar-refractivity contribution is 5.74. The van der Waals surface area contributed by atoms with Crippen LogP contribution in [0.2, 0.25) is 0 Å². The van der Waals surface area contributed by atoms with Gasteiger partial charge in [0.25, 0.3) is 0 Å². The number of aryl methyl sites for hydroxylation is 3. The highest BCUT2D eigenvalue weighted by atomic mass is 14.8. The zero-order valence-corrected chi connectivity index (χ0v) is 11.7. The lowest BCUT2D eigenvalue weighted by molar-refractivity contribution is 0.935. The third kappa shape index (κ3) is 2.19. The van der Waals surface area contributed by atoms with Gasteiger partial charge < -0.3 is 0 Å². The Kier molecular flexibility index (Phi) is 2.94. The van der Waals surface area contributed by atoms with Gasteiger partial charge in [-0.05, 0) is 43.9 Å². The summed E-state index contributed by atoms with van der Waals surface area (Å²) in [6.07, 6.45) is 4.25. The van der Waals surface area contributed by atoms with Crippen LogP contribution in [0.3, 0.4) is 0 Å². The van der Waals surface area contributed by atoms with Crippen LogP contribution in [0.15, 0.2) is 30.3 Å². The van der Waals surface area contributed by atoms with Gasteiger partial charge in [0.15, 0.2) is 0 Å². The molecule has 3 rings (SSSR count). The number of benzene rings is 1. The fourth-order valence-electron chi connectivity index (χ4n) is 2.63. The second kappa shape index (κ2) is 4.61. The number of fused-ring (bicyclic) bond motifs is 1. The predicted octanol–water partition coefficient (Wildman–Crippen LogP) is 3.58. The van der Waals surface area contributed by atoms with Crippen LogP contribution in [-0.4, -0.2) is 9.97 Å². The van der Waals surface area contributed by atoms with Gasteiger partial charge in [-0.3, -0.25) is 9.97 Å². The van der Waals surface area contributed by atoms with Gasteiger partial charge in [0.05, 0.1) is 22.8 Å². The summed E-state index contributed by atoms with van der Waals surface area (Å²) in [6, 6.07) is 8.63. The third-order valence-electron chi connectivity index (χ3n) is 3.87. The fraction of sp³-hybridized carbons (Fsp3) is 0.294. The highest BCUT2D eigenvalue weighted by Crippen LogP contribution is 2.29. The second-order valence-electron chi connectivity index (χ2n) is 5.19. The van der Waals surface area contributed by atoms with Crippen molar-refractivity contribution in [2.45, 2.75) is 33.6 Å². The van der Waals surface area contributed by atoms with E-state index in [4.69, 9.17) is 4.98 Å². The molecular formula is C17H18N2. The van der Waals surface area contributed by atoms with Crippen LogP contribution in [0, 0.1) is 20.8 Å². The standard InChI is InChI=1S/C17H18N2/c1-11-12(2)19-17(13(3)18-11)10-15-9-8-14-6-4-5-7-16(14)15/h4-7,9H,8,10H2,1-3H3. The molecule has 1 heterocycles. The second-order valence-corrected chi connectivity index (χ2v) is 5.19. The summed E-state index contributed by atoms with van der Waals surface area (Å²) in [4.78, 5) is 9.29. The molecule has 0 fully saturated rings. The summed E-state index contributed by atoms with van der Waals surface area (Å²) < 4.78 is 0. The van der Waals surface area contributed by atoms with Crippen molar-refractivity contribution in [2.75, 3.05) is 0 Å². The number of hydrogen-bond acceptors (Lipinski definition) is 2. The van der Waals surface area contributed by atoms with Crippen LogP contribution < -0.4 is 0 Å². The van der Waals surface area contributed by atoms with Crippen molar-refractivity contribution in [3.05, 3.63) is 64.2 Å². The zero-order chi connectivity index (χ0) is 13.4. The lowest BCUT2D eigenvalue weighted by Crippen LogP contribution is -2.03. The zero-order valence-electron chi connectivity index (χ0n) is 11.7. The van der Waals surface area contributed by atoms with Crippen molar-refractivity contribution in [3.8, 4) is 0 Å². The van der Waals surface area contributed by atoms with Crippen LogP contribution in [0.25, 0.3) is 5.57 Å². The maximum absolute atomic E-state index is 4.71. The molecule has 2 aromatic rings. The van der Waals surface area contributed by atoms with Crippen LogP contribution in [0.5, 0.6) is 0 Å². The van der Waals surface area contributed by atoms with Crippen molar-refractivity contribution < 1.29 is 0 Å². The Labute approximate surface area is 114 Å². The van der Waals surface area contributed by atoms with Crippen LogP contribution in [0.4, 0.5) is 0 Å². The normalized spacial score (nSPS) is 13.3. The van der Waals surface area contributed by atoms with E-state index in [0.717, 1.165) is 35.6 Å². The Hall–Kier alpha value is -1.96. The van der Waals surface area contributed by atoms with Crippen molar-refractivity contribution in [2.24, 2.45) is 0 Å². The Morgan fingerprint density at radius 3 is 2.53 bits per heavy atom. The molecule has 2 heteroatoms. The van der Waals surface area contributed by atoms with Gasteiger partial charge >= 0.3 is 0 Å². The molecule has 0 unspecified atom stereocenters. The molecule has 1 aromatic carbocycles. The maximum atomic E-state index is 4.71. The Morgan fingerprint density at radius 1 is 0.947 bits per heavy atom. The van der Waals surface area contributed by atoms with Crippen molar-refractivity contribution in [1.82, 2.24) is 9.97 Å². The first kappa shape index (κ1) is 12.1. The summed E-state index contributed by atoms with van der Waals surface area (Å²) >= 11 is 0. The van der Waals surface area contributed by atoms with Gasteiger partial charge in [-0.1, -0.05) is 30.3 Å². The smallest absolute Gasteiger partial charge is 0.0663 e. The van der Waals surface area contributed by atoms with Crippen LogP contribution in [-0.2, 0) is 12.8 Å². The molecule has 0 saturated carbocycles. The number of nitrogens with zero attached hydrogens (tertiary/aromatic N) is 2. The molecule has 0 atom stereocenters. The first-order valence-electron chi connectivity index (χ1n) is 6.73. The minimum Gasteiger partial charge on any atom is -0.255 e. The largest absolute Gasteiger partial charge is 0.255 e. The lowest BCUT2D eigenvalue weighted by Gasteiger charge is -2.10. The predicted molar refractivity (Wildman–Crippen MR) is 78.1 cm³/mol. The number of allylic oxidation sites excluding steroid dienone is 2. The molecule has 0 radical (unpaired) electrons. The van der Waals surface area contributed by atoms with Crippen LogP contribution >= 0.6 is 0 Å². The van der Waals surface area contributed by atoms with E-state index >= 15 is 0 Å². The van der Waals surface area contributed by atoms with Crippen LogP contribution in [0.1, 0.15) is 33.9 Å². The average Bonchev–Trinajstić information content (AvgIpc) is 2.80. The van der Waals surface area contributed by atoms with E-state index in [-0.39, 0.29) is 0 Å². The third-order valence-corrected chi connectivity index (χ3v) is 3.87. The molecular weight excluding hydrogens is 232 g/mol. The van der Waals surface area contributed by atoms with E-state index in [2.05, 4.69) is 42.2 Å². The topological polar surface area (TPSA) is 25.8 Å². The molecule has 2 nitrogen and oxygen atoms in total. The van der Waals surface area contributed by atoms with Crippen molar-refractivity contribution >= 4 is 5.57 Å². The van der Waals surface area contributed by atoms with Gasteiger partial charge in [-0.2, -0.15) is 0 Å². The minimum atomic E-state index is 0.886. The van der Waals surface area contributed by atoms with E-state index in [1.165, 1.54) is 16.7 Å². The van der Waals surface area contributed by atoms with Gasteiger partial charge in [0, 0.05) is 6.42 Å². The van der Waals surface area contributed by atoms with Crippen molar-refractivity contribution in [3.63, 3.8) is 0 Å². The molecule has 0 spiro atoms. The Balaban J connectivity index is 1.94. The SMILES string of the molecule is Cc1nc(C)c(CC2=CCc3ccccc32)nc1C. The van der Waals surface area contributed by atoms with E-state index in [9.17, 15) is 0 Å². The highest BCUT2D eigenvalue weighted by Gasteiger charge is 2.15. The monoisotopic (exact) mass is 250 g/mol. The first-order chi connectivity index (χ1) is 9.15. The van der Waals surface area contributed by atoms with E-state index < -0.39 is 0 Å². The molecule has 0 aliphatic heterocycles. The van der Waals surface area contributed by atoms with E-state index in [1.807, 2.05) is 13.8 Å². The molecule has 0 bridgehead atoms. The Bertz CT molecular complexity index is 669. The number of rotatable bonds is 2. The average molecular weight is 250 g/mol. The fourth-order valence-corrected chi connectivity index (χ4v) is 2.63.